The molecule has 1 saturated heterocycles. The van der Waals surface area contributed by atoms with Crippen molar-refractivity contribution in [1.29, 1.82) is 0 Å². The van der Waals surface area contributed by atoms with E-state index in [1.165, 1.54) is 5.56 Å². The second kappa shape index (κ2) is 9.39. The van der Waals surface area contributed by atoms with E-state index in [0.717, 1.165) is 61.8 Å². The minimum atomic E-state index is 0.211. The van der Waals surface area contributed by atoms with Gasteiger partial charge in [-0.1, -0.05) is 24.3 Å². The van der Waals surface area contributed by atoms with Crippen molar-refractivity contribution >= 4 is 11.0 Å². The Bertz CT molecular complexity index is 876. The molecule has 2 aromatic carbocycles. The van der Waals surface area contributed by atoms with Gasteiger partial charge in [0.15, 0.2) is 0 Å². The third kappa shape index (κ3) is 4.96. The van der Waals surface area contributed by atoms with Crippen LogP contribution in [0.2, 0.25) is 0 Å². The quantitative estimate of drug-likeness (QED) is 0.615. The third-order valence-corrected chi connectivity index (χ3v) is 5.58. The Balaban J connectivity index is 1.38. The zero-order valence-electron chi connectivity index (χ0n) is 17.1. The summed E-state index contributed by atoms with van der Waals surface area (Å²) in [5.41, 5.74) is 3.38. The highest BCUT2D eigenvalue weighted by atomic mass is 16.5. The second-order valence-corrected chi connectivity index (χ2v) is 7.65. The Kier molecular flexibility index (Phi) is 6.44. The average molecular weight is 395 g/mol. The van der Waals surface area contributed by atoms with Crippen molar-refractivity contribution in [3.63, 3.8) is 0 Å². The average Bonchev–Trinajstić information content (AvgIpc) is 3.14. The van der Waals surface area contributed by atoms with Crippen molar-refractivity contribution in [3.05, 3.63) is 59.9 Å². The first-order valence-electron chi connectivity index (χ1n) is 10.5. The van der Waals surface area contributed by atoms with Gasteiger partial charge in [0, 0.05) is 38.8 Å². The number of rotatable bonds is 8. The van der Waals surface area contributed by atoms with Gasteiger partial charge in [-0.25, -0.2) is 4.98 Å². The number of hydrogen-bond donors (Lipinski definition) is 2. The standard InChI is InChI=1S/C23H30N4O2/c1-2-29-20-9-7-18(8-10-20)15-27-13-12-26(16-19(27)11-14-28)17-23-24-21-5-3-4-6-22(21)25-23/h3-10,19,28H,2,11-17H2,1H3,(H,24,25). The van der Waals surface area contributed by atoms with Crippen molar-refractivity contribution in [2.24, 2.45) is 0 Å². The molecule has 0 spiro atoms. The van der Waals surface area contributed by atoms with E-state index in [0.29, 0.717) is 12.6 Å². The van der Waals surface area contributed by atoms with Gasteiger partial charge >= 0.3 is 0 Å². The summed E-state index contributed by atoms with van der Waals surface area (Å²) in [4.78, 5) is 13.1. The first-order chi connectivity index (χ1) is 14.2. The largest absolute Gasteiger partial charge is 0.494 e. The van der Waals surface area contributed by atoms with Crippen LogP contribution in [0.5, 0.6) is 5.75 Å². The molecule has 0 radical (unpaired) electrons. The van der Waals surface area contributed by atoms with Gasteiger partial charge in [0.25, 0.3) is 0 Å². The minimum absolute atomic E-state index is 0.211. The van der Waals surface area contributed by atoms with Gasteiger partial charge in [-0.3, -0.25) is 9.80 Å². The number of aromatic amines is 1. The van der Waals surface area contributed by atoms with E-state index < -0.39 is 0 Å². The molecular weight excluding hydrogens is 364 g/mol. The Morgan fingerprint density at radius 1 is 1.10 bits per heavy atom. The molecule has 0 aliphatic carbocycles. The summed E-state index contributed by atoms with van der Waals surface area (Å²) in [6.45, 7) is 7.53. The molecule has 6 nitrogen and oxygen atoms in total. The van der Waals surface area contributed by atoms with Crippen LogP contribution in [0.4, 0.5) is 0 Å². The maximum Gasteiger partial charge on any atom is 0.121 e. The highest BCUT2D eigenvalue weighted by molar-refractivity contribution is 5.74. The first kappa shape index (κ1) is 19.9. The molecule has 0 amide bonds. The number of nitrogens with zero attached hydrogens (tertiary/aromatic N) is 3. The number of ether oxygens (including phenoxy) is 1. The van der Waals surface area contributed by atoms with Gasteiger partial charge in [-0.05, 0) is 43.2 Å². The number of piperazine rings is 1. The van der Waals surface area contributed by atoms with Crippen LogP contribution < -0.4 is 4.74 Å². The van der Waals surface area contributed by atoms with Crippen LogP contribution in [0.3, 0.4) is 0 Å². The summed E-state index contributed by atoms with van der Waals surface area (Å²) in [7, 11) is 0. The zero-order valence-corrected chi connectivity index (χ0v) is 17.1. The maximum absolute atomic E-state index is 9.59. The minimum Gasteiger partial charge on any atom is -0.494 e. The van der Waals surface area contributed by atoms with Gasteiger partial charge in [0.05, 0.1) is 24.2 Å². The van der Waals surface area contributed by atoms with E-state index in [4.69, 9.17) is 9.72 Å². The molecule has 4 rings (SSSR count). The fourth-order valence-electron chi connectivity index (χ4n) is 4.12. The van der Waals surface area contributed by atoms with E-state index in [9.17, 15) is 5.11 Å². The number of para-hydroxylation sites is 2. The predicted octanol–water partition coefficient (Wildman–Crippen LogP) is 3.03. The normalized spacial score (nSPS) is 18.3. The number of imidazole rings is 1. The van der Waals surface area contributed by atoms with Gasteiger partial charge in [0.2, 0.25) is 0 Å². The van der Waals surface area contributed by atoms with Crippen molar-refractivity contribution in [1.82, 2.24) is 19.8 Å². The van der Waals surface area contributed by atoms with Crippen LogP contribution in [-0.4, -0.2) is 63.8 Å². The van der Waals surface area contributed by atoms with E-state index in [1.54, 1.807) is 0 Å². The van der Waals surface area contributed by atoms with Crippen molar-refractivity contribution < 1.29 is 9.84 Å². The van der Waals surface area contributed by atoms with Crippen LogP contribution in [0.1, 0.15) is 24.7 Å². The molecule has 1 aliphatic rings. The van der Waals surface area contributed by atoms with Gasteiger partial charge < -0.3 is 14.8 Å². The van der Waals surface area contributed by atoms with Crippen LogP contribution in [0.15, 0.2) is 48.5 Å². The summed E-state index contributed by atoms with van der Waals surface area (Å²) in [6.07, 6.45) is 0.785. The van der Waals surface area contributed by atoms with E-state index in [-0.39, 0.29) is 6.61 Å². The van der Waals surface area contributed by atoms with Gasteiger partial charge in [0.1, 0.15) is 11.6 Å². The molecule has 1 aliphatic heterocycles. The Morgan fingerprint density at radius 3 is 2.69 bits per heavy atom. The Labute approximate surface area is 172 Å². The van der Waals surface area contributed by atoms with Gasteiger partial charge in [-0.2, -0.15) is 0 Å². The predicted molar refractivity (Wildman–Crippen MR) is 115 cm³/mol. The Morgan fingerprint density at radius 2 is 1.93 bits per heavy atom. The lowest BCUT2D eigenvalue weighted by Gasteiger charge is -2.41. The highest BCUT2D eigenvalue weighted by Crippen LogP contribution is 2.20. The maximum atomic E-state index is 9.59. The smallest absolute Gasteiger partial charge is 0.121 e. The molecule has 0 bridgehead atoms. The molecule has 2 N–H and O–H groups in total. The fourth-order valence-corrected chi connectivity index (χ4v) is 4.12. The summed E-state index contributed by atoms with van der Waals surface area (Å²) in [5.74, 6) is 1.92. The molecule has 154 valence electrons. The number of aliphatic hydroxyl groups excluding tert-OH is 1. The molecule has 6 heteroatoms. The molecule has 1 fully saturated rings. The third-order valence-electron chi connectivity index (χ3n) is 5.58. The van der Waals surface area contributed by atoms with E-state index in [1.807, 2.05) is 37.3 Å². The Hall–Kier alpha value is -2.41. The molecule has 1 atom stereocenters. The SMILES string of the molecule is CCOc1ccc(CN2CCN(Cc3nc4ccccc4[nH]3)CC2CCO)cc1. The van der Waals surface area contributed by atoms with E-state index in [2.05, 4.69) is 33.0 Å². The summed E-state index contributed by atoms with van der Waals surface area (Å²) in [6, 6.07) is 16.8. The van der Waals surface area contributed by atoms with Crippen molar-refractivity contribution in [2.45, 2.75) is 32.5 Å². The first-order valence-corrected chi connectivity index (χ1v) is 10.5. The fraction of sp³-hybridized carbons (Fsp3) is 0.435. The van der Waals surface area contributed by atoms with Crippen LogP contribution in [0, 0.1) is 0 Å². The van der Waals surface area contributed by atoms with Gasteiger partial charge in [-0.15, -0.1) is 0 Å². The summed E-state index contributed by atoms with van der Waals surface area (Å²) >= 11 is 0. The molecule has 1 aromatic heterocycles. The molecule has 0 saturated carbocycles. The van der Waals surface area contributed by atoms with Crippen LogP contribution >= 0.6 is 0 Å². The molecule has 1 unspecified atom stereocenters. The number of aromatic nitrogens is 2. The second-order valence-electron chi connectivity index (χ2n) is 7.65. The number of aliphatic hydroxyl groups is 1. The van der Waals surface area contributed by atoms with Crippen LogP contribution in [0.25, 0.3) is 11.0 Å². The topological polar surface area (TPSA) is 64.6 Å². The number of hydrogen-bond acceptors (Lipinski definition) is 5. The number of benzene rings is 2. The highest BCUT2D eigenvalue weighted by Gasteiger charge is 2.27. The molecular formula is C23H30N4O2. The molecule has 29 heavy (non-hydrogen) atoms. The van der Waals surface area contributed by atoms with Crippen LogP contribution in [-0.2, 0) is 13.1 Å². The van der Waals surface area contributed by atoms with E-state index >= 15 is 0 Å². The molecule has 2 heterocycles. The lowest BCUT2D eigenvalue weighted by Crippen LogP contribution is -2.52. The summed E-state index contributed by atoms with van der Waals surface area (Å²) in [5, 5.41) is 9.59. The number of fused-ring (bicyclic) bond motifs is 1. The number of H-pyrrole nitrogens is 1. The number of nitrogens with one attached hydrogen (secondary N) is 1. The molecule has 3 aromatic rings. The lowest BCUT2D eigenvalue weighted by atomic mass is 10.1. The van der Waals surface area contributed by atoms with Crippen molar-refractivity contribution in [2.75, 3.05) is 32.8 Å². The monoisotopic (exact) mass is 394 g/mol. The zero-order chi connectivity index (χ0) is 20.1. The van der Waals surface area contributed by atoms with Crippen molar-refractivity contribution in [3.8, 4) is 5.75 Å². The lowest BCUT2D eigenvalue weighted by molar-refractivity contribution is 0.0489. The summed E-state index contributed by atoms with van der Waals surface area (Å²) < 4.78 is 5.54.